The van der Waals surface area contributed by atoms with Crippen molar-refractivity contribution in [3.63, 3.8) is 0 Å². The summed E-state index contributed by atoms with van der Waals surface area (Å²) in [6.07, 6.45) is 4.02. The first-order valence-electron chi connectivity index (χ1n) is 13.9. The van der Waals surface area contributed by atoms with Gasteiger partial charge in [0.25, 0.3) is 0 Å². The quantitative estimate of drug-likeness (QED) is 0.227. The first kappa shape index (κ1) is 28.7. The van der Waals surface area contributed by atoms with Crippen LogP contribution in [0.25, 0.3) is 28.1 Å². The lowest BCUT2D eigenvalue weighted by atomic mass is 10.00. The molecular formula is C33H35N3O6. The SMILES string of the molecule is COc1cc(-c2nn(-c3cccc(C)c3)c(OC(C)=O)c2-c2ccc(NC(=O)C3CCCC3)cc2)cc(OC)c1OC. The third-order valence-electron chi connectivity index (χ3n) is 7.43. The standard InChI is InChI=1S/C33H35N3O6/c1-20-9-8-12-26(17-20)36-33(42-21(2)37)29(22-13-15-25(16-14-22)34-32(38)23-10-6-7-11-23)30(35-36)24-18-27(39-3)31(41-5)28(19-24)40-4/h8-9,12-19,23H,6-7,10-11H2,1-5H3,(H,34,38). The van der Waals surface area contributed by atoms with Gasteiger partial charge in [0.1, 0.15) is 5.69 Å². The Morgan fingerprint density at radius 3 is 2.12 bits per heavy atom. The second kappa shape index (κ2) is 12.4. The number of hydrogen-bond donors (Lipinski definition) is 1. The molecule has 1 amide bonds. The maximum Gasteiger partial charge on any atom is 0.309 e. The highest BCUT2D eigenvalue weighted by Crippen LogP contribution is 2.46. The van der Waals surface area contributed by atoms with Crippen molar-refractivity contribution in [3.05, 3.63) is 66.2 Å². The third-order valence-corrected chi connectivity index (χ3v) is 7.43. The molecule has 1 heterocycles. The molecule has 1 N–H and O–H groups in total. The van der Waals surface area contributed by atoms with E-state index in [1.54, 1.807) is 26.0 Å². The molecular weight excluding hydrogens is 534 g/mol. The number of amides is 1. The summed E-state index contributed by atoms with van der Waals surface area (Å²) in [5, 5.41) is 8.01. The van der Waals surface area contributed by atoms with E-state index in [0.717, 1.165) is 42.5 Å². The van der Waals surface area contributed by atoms with Gasteiger partial charge in [-0.15, -0.1) is 0 Å². The van der Waals surface area contributed by atoms with Gasteiger partial charge < -0.3 is 24.3 Å². The largest absolute Gasteiger partial charge is 0.493 e. The summed E-state index contributed by atoms with van der Waals surface area (Å²) in [6.45, 7) is 3.34. The highest BCUT2D eigenvalue weighted by atomic mass is 16.5. The van der Waals surface area contributed by atoms with Crippen LogP contribution in [0.15, 0.2) is 60.7 Å². The van der Waals surface area contributed by atoms with Gasteiger partial charge in [-0.25, -0.2) is 0 Å². The van der Waals surface area contributed by atoms with Crippen molar-refractivity contribution in [2.24, 2.45) is 5.92 Å². The summed E-state index contributed by atoms with van der Waals surface area (Å²) in [5.41, 5.74) is 4.99. The Kier molecular flexibility index (Phi) is 8.47. The molecule has 4 aromatic rings. The molecule has 0 unspecified atom stereocenters. The molecule has 0 aliphatic heterocycles. The average molecular weight is 570 g/mol. The summed E-state index contributed by atoms with van der Waals surface area (Å²) in [7, 11) is 4.65. The minimum Gasteiger partial charge on any atom is -0.493 e. The lowest BCUT2D eigenvalue weighted by Gasteiger charge is -2.14. The Balaban J connectivity index is 1.69. The van der Waals surface area contributed by atoms with E-state index in [9.17, 15) is 9.59 Å². The molecule has 1 aliphatic rings. The highest BCUT2D eigenvalue weighted by Gasteiger charge is 2.27. The van der Waals surface area contributed by atoms with E-state index >= 15 is 0 Å². The minimum absolute atomic E-state index is 0.0474. The van der Waals surface area contributed by atoms with Gasteiger partial charge in [0.05, 0.1) is 32.6 Å². The van der Waals surface area contributed by atoms with Crippen molar-refractivity contribution >= 4 is 17.6 Å². The number of aromatic nitrogens is 2. The Bertz CT molecular complexity index is 1580. The first-order valence-corrected chi connectivity index (χ1v) is 13.9. The number of esters is 1. The first-order chi connectivity index (χ1) is 20.3. The van der Waals surface area contributed by atoms with Crippen molar-refractivity contribution in [3.8, 4) is 51.2 Å². The number of carbonyl (C=O) groups excluding carboxylic acids is 2. The van der Waals surface area contributed by atoms with E-state index in [-0.39, 0.29) is 17.7 Å². The molecule has 1 aromatic heterocycles. The van der Waals surface area contributed by atoms with E-state index in [4.69, 9.17) is 24.0 Å². The Morgan fingerprint density at radius 1 is 0.881 bits per heavy atom. The molecule has 5 rings (SSSR count). The fourth-order valence-electron chi connectivity index (χ4n) is 5.40. The van der Waals surface area contributed by atoms with Gasteiger partial charge >= 0.3 is 5.97 Å². The van der Waals surface area contributed by atoms with Crippen molar-refractivity contribution in [2.75, 3.05) is 26.6 Å². The molecule has 1 fully saturated rings. The number of methoxy groups -OCH3 is 3. The topological polar surface area (TPSA) is 101 Å². The number of aryl methyl sites for hydroxylation is 1. The highest BCUT2D eigenvalue weighted by molar-refractivity contribution is 5.94. The van der Waals surface area contributed by atoms with E-state index in [0.29, 0.717) is 39.8 Å². The lowest BCUT2D eigenvalue weighted by Crippen LogP contribution is -2.20. The number of benzene rings is 3. The van der Waals surface area contributed by atoms with Crippen LogP contribution in [0.5, 0.6) is 23.1 Å². The zero-order valence-electron chi connectivity index (χ0n) is 24.5. The van der Waals surface area contributed by atoms with E-state index in [2.05, 4.69) is 5.32 Å². The normalized spacial score (nSPS) is 13.1. The van der Waals surface area contributed by atoms with Gasteiger partial charge in [-0.05, 0) is 67.3 Å². The van der Waals surface area contributed by atoms with Crippen LogP contribution in [0.4, 0.5) is 5.69 Å². The maximum absolute atomic E-state index is 12.7. The van der Waals surface area contributed by atoms with Gasteiger partial charge in [-0.3, -0.25) is 9.59 Å². The molecule has 1 saturated carbocycles. The predicted octanol–water partition coefficient (Wildman–Crippen LogP) is 6.59. The van der Waals surface area contributed by atoms with Gasteiger partial charge in [0.15, 0.2) is 11.5 Å². The molecule has 1 aliphatic carbocycles. The number of nitrogens with zero attached hydrogens (tertiary/aromatic N) is 2. The molecule has 0 bridgehead atoms. The zero-order chi connectivity index (χ0) is 29.8. The van der Waals surface area contributed by atoms with Gasteiger partial charge in [0.2, 0.25) is 17.5 Å². The van der Waals surface area contributed by atoms with Crippen LogP contribution in [0, 0.1) is 12.8 Å². The van der Waals surface area contributed by atoms with Crippen LogP contribution in [0.1, 0.15) is 38.2 Å². The fraction of sp³-hybridized carbons (Fsp3) is 0.303. The zero-order valence-corrected chi connectivity index (χ0v) is 24.5. The van der Waals surface area contributed by atoms with Crippen LogP contribution < -0.4 is 24.3 Å². The van der Waals surface area contributed by atoms with Crippen molar-refractivity contribution in [1.82, 2.24) is 9.78 Å². The van der Waals surface area contributed by atoms with Crippen molar-refractivity contribution in [2.45, 2.75) is 39.5 Å². The molecule has 0 radical (unpaired) electrons. The number of anilines is 1. The molecule has 0 spiro atoms. The van der Waals surface area contributed by atoms with Crippen LogP contribution >= 0.6 is 0 Å². The summed E-state index contributed by atoms with van der Waals surface area (Å²) in [6, 6.07) is 18.9. The van der Waals surface area contributed by atoms with Crippen LogP contribution in [-0.2, 0) is 9.59 Å². The molecule has 42 heavy (non-hydrogen) atoms. The van der Waals surface area contributed by atoms with Crippen LogP contribution in [0.2, 0.25) is 0 Å². The lowest BCUT2D eigenvalue weighted by molar-refractivity contribution is -0.132. The maximum atomic E-state index is 12.7. The van der Waals surface area contributed by atoms with Crippen LogP contribution in [0.3, 0.4) is 0 Å². The molecule has 218 valence electrons. The summed E-state index contributed by atoms with van der Waals surface area (Å²) >= 11 is 0. The Labute approximate surface area is 245 Å². The number of carbonyl (C=O) groups is 2. The third kappa shape index (κ3) is 5.81. The summed E-state index contributed by atoms with van der Waals surface area (Å²) < 4.78 is 24.2. The predicted molar refractivity (Wildman–Crippen MR) is 161 cm³/mol. The van der Waals surface area contributed by atoms with Gasteiger partial charge in [0, 0.05) is 24.1 Å². The van der Waals surface area contributed by atoms with E-state index in [1.165, 1.54) is 6.92 Å². The molecule has 9 nitrogen and oxygen atoms in total. The number of hydrogen-bond acceptors (Lipinski definition) is 7. The second-order valence-corrected chi connectivity index (χ2v) is 10.3. The van der Waals surface area contributed by atoms with Crippen LogP contribution in [-0.4, -0.2) is 43.0 Å². The number of ether oxygens (including phenoxy) is 4. The fourth-order valence-corrected chi connectivity index (χ4v) is 5.40. The van der Waals surface area contributed by atoms with Gasteiger partial charge in [-0.1, -0.05) is 37.1 Å². The Hall–Kier alpha value is -4.79. The van der Waals surface area contributed by atoms with E-state index < -0.39 is 5.97 Å². The average Bonchev–Trinajstić information content (AvgIpc) is 3.66. The number of rotatable bonds is 9. The molecule has 9 heteroatoms. The summed E-state index contributed by atoms with van der Waals surface area (Å²) in [4.78, 5) is 25.1. The van der Waals surface area contributed by atoms with Gasteiger partial charge in [-0.2, -0.15) is 9.78 Å². The molecule has 3 aromatic carbocycles. The number of nitrogens with one attached hydrogen (secondary N) is 1. The van der Waals surface area contributed by atoms with Crippen molar-refractivity contribution < 1.29 is 28.5 Å². The van der Waals surface area contributed by atoms with Crippen molar-refractivity contribution in [1.29, 1.82) is 0 Å². The smallest absolute Gasteiger partial charge is 0.309 e. The molecule has 0 atom stereocenters. The molecule has 0 saturated heterocycles. The minimum atomic E-state index is -0.484. The Morgan fingerprint density at radius 2 is 1.55 bits per heavy atom. The second-order valence-electron chi connectivity index (χ2n) is 10.3. The monoisotopic (exact) mass is 569 g/mol. The summed E-state index contributed by atoms with van der Waals surface area (Å²) in [5.74, 6) is 1.25. The van der Waals surface area contributed by atoms with E-state index in [1.807, 2.05) is 67.6 Å².